The van der Waals surface area contributed by atoms with Gasteiger partial charge in [-0.1, -0.05) is 0 Å². The van der Waals surface area contributed by atoms with Crippen LogP contribution < -0.4 is 0 Å². The Kier molecular flexibility index (Phi) is 2.44. The van der Waals surface area contributed by atoms with E-state index in [2.05, 4.69) is 20.9 Å². The first-order chi connectivity index (χ1) is 5.20. The third-order valence-electron chi connectivity index (χ3n) is 1.61. The fraction of sp³-hybridized carbons (Fsp3) is 0.429. The van der Waals surface area contributed by atoms with Gasteiger partial charge in [0.05, 0.1) is 0 Å². The normalized spacial score (nSPS) is 10.1. The molecule has 0 unspecified atom stereocenters. The van der Waals surface area contributed by atoms with Gasteiger partial charge in [-0.3, -0.25) is 4.79 Å². The van der Waals surface area contributed by atoms with Crippen LogP contribution in [0.25, 0.3) is 0 Å². The molecule has 1 aromatic heterocycles. The summed E-state index contributed by atoms with van der Waals surface area (Å²) in [5.74, 6) is 0.483. The molecular weight excluding hydrogens is 208 g/mol. The van der Waals surface area contributed by atoms with Crippen LogP contribution in [-0.4, -0.2) is 15.8 Å². The lowest BCUT2D eigenvalue weighted by molar-refractivity contribution is 0.111. The van der Waals surface area contributed by atoms with Gasteiger partial charge in [-0.25, -0.2) is 4.98 Å². The Balaban J connectivity index is 3.26. The number of hydrogen-bond acceptors (Lipinski definition) is 2. The minimum Gasteiger partial charge on any atom is -0.325 e. The van der Waals surface area contributed by atoms with E-state index < -0.39 is 0 Å². The second-order valence-corrected chi connectivity index (χ2v) is 2.96. The van der Waals surface area contributed by atoms with Crippen LogP contribution in [0, 0.1) is 6.92 Å². The number of hydrogen-bond donors (Lipinski definition) is 0. The highest BCUT2D eigenvalue weighted by atomic mass is 79.9. The zero-order chi connectivity index (χ0) is 8.43. The molecule has 1 aromatic rings. The van der Waals surface area contributed by atoms with E-state index in [0.29, 0.717) is 5.82 Å². The third-order valence-corrected chi connectivity index (χ3v) is 2.37. The highest BCUT2D eigenvalue weighted by molar-refractivity contribution is 9.10. The fourth-order valence-electron chi connectivity index (χ4n) is 1.01. The maximum absolute atomic E-state index is 10.4. The standard InChI is InChI=1S/C7H9BrN2O/c1-3-10-5(2)7(8)9-6(10)4-11/h4H,3H2,1-2H3. The summed E-state index contributed by atoms with van der Waals surface area (Å²) in [5, 5.41) is 0. The van der Waals surface area contributed by atoms with Crippen LogP contribution in [0.15, 0.2) is 4.60 Å². The van der Waals surface area contributed by atoms with Gasteiger partial charge in [-0.15, -0.1) is 0 Å². The Morgan fingerprint density at radius 2 is 2.36 bits per heavy atom. The number of rotatable bonds is 2. The van der Waals surface area contributed by atoms with E-state index in [-0.39, 0.29) is 0 Å². The van der Waals surface area contributed by atoms with Crippen LogP contribution in [0.5, 0.6) is 0 Å². The predicted octanol–water partition coefficient (Wildman–Crippen LogP) is 1.79. The Morgan fingerprint density at radius 1 is 1.73 bits per heavy atom. The van der Waals surface area contributed by atoms with E-state index in [0.717, 1.165) is 23.1 Å². The zero-order valence-corrected chi connectivity index (χ0v) is 8.05. The molecule has 1 heterocycles. The highest BCUT2D eigenvalue weighted by Gasteiger charge is 2.08. The molecular formula is C7H9BrN2O. The summed E-state index contributed by atoms with van der Waals surface area (Å²) in [5.41, 5.74) is 0.995. The molecule has 0 aliphatic heterocycles. The van der Waals surface area contributed by atoms with E-state index in [1.807, 2.05) is 18.4 Å². The summed E-state index contributed by atoms with van der Waals surface area (Å²) >= 11 is 3.26. The predicted molar refractivity (Wildman–Crippen MR) is 45.7 cm³/mol. The Hall–Kier alpha value is -0.640. The van der Waals surface area contributed by atoms with Crippen molar-refractivity contribution in [1.82, 2.24) is 9.55 Å². The molecule has 0 aliphatic rings. The Morgan fingerprint density at radius 3 is 2.73 bits per heavy atom. The smallest absolute Gasteiger partial charge is 0.185 e. The van der Waals surface area contributed by atoms with Gasteiger partial charge in [0, 0.05) is 12.2 Å². The average Bonchev–Trinajstić information content (AvgIpc) is 2.28. The minimum absolute atomic E-state index is 0.483. The first-order valence-corrected chi connectivity index (χ1v) is 4.17. The number of nitrogens with zero attached hydrogens (tertiary/aromatic N) is 2. The van der Waals surface area contributed by atoms with E-state index >= 15 is 0 Å². The molecule has 0 saturated heterocycles. The molecule has 0 bridgehead atoms. The zero-order valence-electron chi connectivity index (χ0n) is 6.47. The summed E-state index contributed by atoms with van der Waals surface area (Å²) in [6.45, 7) is 4.68. The SMILES string of the molecule is CCn1c(C=O)nc(Br)c1C. The third kappa shape index (κ3) is 1.35. The number of aldehydes is 1. The van der Waals surface area contributed by atoms with Crippen molar-refractivity contribution in [2.45, 2.75) is 20.4 Å². The van der Waals surface area contributed by atoms with Crippen LogP contribution >= 0.6 is 15.9 Å². The van der Waals surface area contributed by atoms with Gasteiger partial charge in [0.25, 0.3) is 0 Å². The molecule has 4 heteroatoms. The van der Waals surface area contributed by atoms with Gasteiger partial charge in [-0.2, -0.15) is 0 Å². The molecule has 0 saturated carbocycles. The molecule has 0 radical (unpaired) electrons. The van der Waals surface area contributed by atoms with Crippen molar-refractivity contribution >= 4 is 22.2 Å². The van der Waals surface area contributed by atoms with Crippen LogP contribution in [-0.2, 0) is 6.54 Å². The van der Waals surface area contributed by atoms with Crippen molar-refractivity contribution in [3.05, 3.63) is 16.1 Å². The van der Waals surface area contributed by atoms with Crippen LogP contribution in [0.2, 0.25) is 0 Å². The quantitative estimate of drug-likeness (QED) is 0.707. The minimum atomic E-state index is 0.483. The van der Waals surface area contributed by atoms with Gasteiger partial charge in [0.1, 0.15) is 4.60 Å². The Bertz CT molecular complexity index is 280. The van der Waals surface area contributed by atoms with Crippen LogP contribution in [0.4, 0.5) is 0 Å². The van der Waals surface area contributed by atoms with Crippen molar-refractivity contribution in [3.8, 4) is 0 Å². The van der Waals surface area contributed by atoms with Gasteiger partial charge in [0.15, 0.2) is 12.1 Å². The molecule has 1 rings (SSSR count). The molecule has 0 fully saturated rings. The molecule has 0 spiro atoms. The number of halogens is 1. The molecule has 0 amide bonds. The first-order valence-electron chi connectivity index (χ1n) is 3.38. The van der Waals surface area contributed by atoms with E-state index in [1.165, 1.54) is 0 Å². The average molecular weight is 217 g/mol. The molecule has 0 aromatic carbocycles. The van der Waals surface area contributed by atoms with E-state index in [1.54, 1.807) is 0 Å². The van der Waals surface area contributed by atoms with Crippen LogP contribution in [0.1, 0.15) is 23.2 Å². The van der Waals surface area contributed by atoms with Gasteiger partial charge < -0.3 is 4.57 Å². The van der Waals surface area contributed by atoms with Crippen molar-refractivity contribution in [1.29, 1.82) is 0 Å². The van der Waals surface area contributed by atoms with E-state index in [4.69, 9.17) is 0 Å². The van der Waals surface area contributed by atoms with Crippen molar-refractivity contribution in [2.75, 3.05) is 0 Å². The summed E-state index contributed by atoms with van der Waals surface area (Å²) in [4.78, 5) is 14.5. The maximum Gasteiger partial charge on any atom is 0.185 e. The molecule has 3 nitrogen and oxygen atoms in total. The molecule has 11 heavy (non-hydrogen) atoms. The van der Waals surface area contributed by atoms with Crippen molar-refractivity contribution in [2.24, 2.45) is 0 Å². The summed E-state index contributed by atoms with van der Waals surface area (Å²) in [7, 11) is 0. The lowest BCUT2D eigenvalue weighted by Gasteiger charge is -2.00. The number of carbonyl (C=O) groups is 1. The van der Waals surface area contributed by atoms with Crippen LogP contribution in [0.3, 0.4) is 0 Å². The largest absolute Gasteiger partial charge is 0.325 e. The summed E-state index contributed by atoms with van der Waals surface area (Å²) < 4.78 is 2.61. The second-order valence-electron chi connectivity index (χ2n) is 2.21. The Labute approximate surface area is 73.6 Å². The summed E-state index contributed by atoms with van der Waals surface area (Å²) in [6.07, 6.45) is 0.765. The number of imidazole rings is 1. The first kappa shape index (κ1) is 8.46. The lowest BCUT2D eigenvalue weighted by Crippen LogP contribution is -2.01. The number of carbonyl (C=O) groups excluding carboxylic acids is 1. The van der Waals surface area contributed by atoms with Gasteiger partial charge >= 0.3 is 0 Å². The molecule has 0 N–H and O–H groups in total. The molecule has 60 valence electrons. The van der Waals surface area contributed by atoms with Gasteiger partial charge in [0.2, 0.25) is 0 Å². The van der Waals surface area contributed by atoms with Gasteiger partial charge in [-0.05, 0) is 29.8 Å². The lowest BCUT2D eigenvalue weighted by atomic mass is 10.5. The molecule has 0 aliphatic carbocycles. The highest BCUT2D eigenvalue weighted by Crippen LogP contribution is 2.15. The second kappa shape index (κ2) is 3.17. The monoisotopic (exact) mass is 216 g/mol. The number of aromatic nitrogens is 2. The topological polar surface area (TPSA) is 34.9 Å². The van der Waals surface area contributed by atoms with Crippen molar-refractivity contribution < 1.29 is 4.79 Å². The van der Waals surface area contributed by atoms with E-state index in [9.17, 15) is 4.79 Å². The maximum atomic E-state index is 10.4. The van der Waals surface area contributed by atoms with Crippen molar-refractivity contribution in [3.63, 3.8) is 0 Å². The fourth-order valence-corrected chi connectivity index (χ4v) is 1.41. The summed E-state index contributed by atoms with van der Waals surface area (Å²) in [6, 6.07) is 0. The molecule has 0 atom stereocenters.